The van der Waals surface area contributed by atoms with Crippen molar-refractivity contribution in [2.75, 3.05) is 11.9 Å². The number of alkyl halides is 3. The van der Waals surface area contributed by atoms with E-state index in [1.165, 1.54) is 79.7 Å². The molecule has 3 rings (SSSR count). The normalized spacial score (nSPS) is 11.6. The molecule has 260 valence electrons. The summed E-state index contributed by atoms with van der Waals surface area (Å²) >= 11 is 3.43. The van der Waals surface area contributed by atoms with Crippen LogP contribution in [0, 0.1) is 5.82 Å². The molecule has 0 radical (unpaired) electrons. The van der Waals surface area contributed by atoms with Crippen LogP contribution in [0.1, 0.15) is 89.9 Å². The lowest BCUT2D eigenvalue weighted by atomic mass is 10.0. The summed E-state index contributed by atoms with van der Waals surface area (Å²) in [6.07, 6.45) is 15.7. The van der Waals surface area contributed by atoms with Crippen LogP contribution in [-0.2, 0) is 30.5 Å². The summed E-state index contributed by atoms with van der Waals surface area (Å²) in [6.45, 7) is -0.306. The highest BCUT2D eigenvalue weighted by Gasteiger charge is 2.48. The fourth-order valence-corrected chi connectivity index (χ4v) is 7.50. The van der Waals surface area contributed by atoms with Crippen LogP contribution in [0.5, 0.6) is 0 Å². The van der Waals surface area contributed by atoms with E-state index in [9.17, 15) is 30.9 Å². The number of hydrogen-bond acceptors (Lipinski definition) is 5. The Labute approximate surface area is 289 Å². The molecule has 0 bridgehead atoms. The average Bonchev–Trinajstić information content (AvgIpc) is 3.06. The molecule has 0 saturated heterocycles. The molecule has 11 heteroatoms. The van der Waals surface area contributed by atoms with Gasteiger partial charge in [-0.05, 0) is 61.4 Å². The largest absolute Gasteiger partial charge is 0.743 e. The van der Waals surface area contributed by atoms with Gasteiger partial charge in [-0.2, -0.15) is 8.78 Å². The Morgan fingerprint density at radius 1 is 0.638 bits per heavy atom. The molecule has 0 amide bonds. The van der Waals surface area contributed by atoms with E-state index in [1.807, 2.05) is 48.5 Å². The van der Waals surface area contributed by atoms with Crippen molar-refractivity contribution in [2.45, 2.75) is 110 Å². The van der Waals surface area contributed by atoms with Crippen molar-refractivity contribution in [2.24, 2.45) is 0 Å². The summed E-state index contributed by atoms with van der Waals surface area (Å²) in [5, 5.41) is -3.92. The van der Waals surface area contributed by atoms with Crippen LogP contribution in [0.15, 0.2) is 99.6 Å². The van der Waals surface area contributed by atoms with Crippen molar-refractivity contribution in [1.82, 2.24) is 0 Å². The summed E-state index contributed by atoms with van der Waals surface area (Å²) in [7, 11) is -6.22. The van der Waals surface area contributed by atoms with Gasteiger partial charge in [-0.1, -0.05) is 129 Å². The standard InChI is InChI=1S/C18H33BrF2O5S.C18H14FS/c19-15-13-11-9-7-5-3-1-2-4-6-8-10-12-14-16-26-17(22)18(20,21)27(23,24)25;19-15-11-13-18(14-12-15)20(16-7-3-1-4-8-16)17-9-5-2-6-10-17/h1-16H2,(H,23,24,25);1-14H/q;+1/p-1. The number of halogens is 4. The first-order chi connectivity index (χ1) is 22.6. The highest BCUT2D eigenvalue weighted by atomic mass is 79.9. The van der Waals surface area contributed by atoms with E-state index in [-0.39, 0.29) is 23.3 Å². The summed E-state index contributed by atoms with van der Waals surface area (Å²) in [5.41, 5.74) is 0. The number of carbonyl (C=O) groups is 1. The molecule has 47 heavy (non-hydrogen) atoms. The monoisotopic (exact) mass is 758 g/mol. The highest BCUT2D eigenvalue weighted by Crippen LogP contribution is 2.31. The van der Waals surface area contributed by atoms with E-state index in [0.717, 1.165) is 29.5 Å². The Hall–Kier alpha value is -2.34. The fraction of sp³-hybridized carbons (Fsp3) is 0.472. The van der Waals surface area contributed by atoms with Crippen molar-refractivity contribution in [3.8, 4) is 0 Å². The van der Waals surface area contributed by atoms with Crippen LogP contribution in [0.25, 0.3) is 0 Å². The number of esters is 1. The topological polar surface area (TPSA) is 83.5 Å². The molecule has 0 fully saturated rings. The van der Waals surface area contributed by atoms with Crippen LogP contribution in [-0.4, -0.2) is 36.1 Å². The first-order valence-electron chi connectivity index (χ1n) is 16.2. The lowest BCUT2D eigenvalue weighted by molar-refractivity contribution is -0.161. The molecule has 0 unspecified atom stereocenters. The Morgan fingerprint density at radius 2 is 1.00 bits per heavy atom. The van der Waals surface area contributed by atoms with Gasteiger partial charge in [-0.15, -0.1) is 0 Å². The van der Waals surface area contributed by atoms with Crippen LogP contribution in [0.4, 0.5) is 13.2 Å². The van der Waals surface area contributed by atoms with Gasteiger partial charge in [-0.25, -0.2) is 17.6 Å². The van der Waals surface area contributed by atoms with Crippen molar-refractivity contribution in [3.63, 3.8) is 0 Å². The average molecular weight is 760 g/mol. The van der Waals surface area contributed by atoms with Crippen LogP contribution >= 0.6 is 15.9 Å². The third-order valence-corrected chi connectivity index (χ3v) is 10.9. The van der Waals surface area contributed by atoms with Gasteiger partial charge < -0.3 is 9.29 Å². The van der Waals surface area contributed by atoms with Crippen molar-refractivity contribution in [3.05, 3.63) is 90.7 Å². The number of ether oxygens (including phenoxy) is 1. The molecule has 0 aliphatic rings. The Bertz CT molecular complexity index is 1320. The van der Waals surface area contributed by atoms with Gasteiger partial charge >= 0.3 is 11.2 Å². The quantitative estimate of drug-likeness (QED) is 0.0355. The molecule has 0 heterocycles. The Morgan fingerprint density at radius 3 is 1.38 bits per heavy atom. The number of hydrogen-bond donors (Lipinski definition) is 0. The van der Waals surface area contributed by atoms with Gasteiger partial charge in [0.15, 0.2) is 24.8 Å². The van der Waals surface area contributed by atoms with E-state index in [0.29, 0.717) is 12.8 Å². The van der Waals surface area contributed by atoms with Gasteiger partial charge in [0.1, 0.15) is 5.82 Å². The molecular weight excluding hydrogens is 713 g/mol. The first kappa shape index (κ1) is 40.8. The predicted octanol–water partition coefficient (Wildman–Crippen LogP) is 10.4. The second-order valence-corrected chi connectivity index (χ2v) is 15.4. The van der Waals surface area contributed by atoms with Gasteiger partial charge in [0.2, 0.25) is 0 Å². The second kappa shape index (κ2) is 23.1. The molecular formula is C36H46BrF3O5S2. The lowest BCUT2D eigenvalue weighted by Crippen LogP contribution is -2.39. The molecule has 0 N–H and O–H groups in total. The van der Waals surface area contributed by atoms with Crippen LogP contribution < -0.4 is 0 Å². The lowest BCUT2D eigenvalue weighted by Gasteiger charge is -2.17. The molecule has 0 saturated carbocycles. The number of unbranched alkanes of at least 4 members (excludes halogenated alkanes) is 13. The van der Waals surface area contributed by atoms with Crippen LogP contribution in [0.3, 0.4) is 0 Å². The molecule has 0 aliphatic heterocycles. The summed E-state index contributed by atoms with van der Waals surface area (Å²) in [5.74, 6) is -2.49. The third kappa shape index (κ3) is 16.1. The maximum absolute atomic E-state index is 13.2. The first-order valence-corrected chi connectivity index (χ1v) is 20.0. The van der Waals surface area contributed by atoms with E-state index < -0.39 is 21.3 Å². The van der Waals surface area contributed by atoms with Gasteiger partial charge in [0.25, 0.3) is 0 Å². The minimum atomic E-state index is -6.03. The maximum Gasteiger partial charge on any atom is 0.428 e. The number of carbonyl (C=O) groups excluding carboxylic acids is 1. The molecule has 3 aromatic rings. The molecule has 0 atom stereocenters. The SMILES string of the molecule is Fc1ccc([S+](c2ccccc2)c2ccccc2)cc1.O=C(OCCCCCCCCCCCCCCCCBr)C(F)(F)S(=O)(=O)[O-]. The van der Waals surface area contributed by atoms with E-state index in [4.69, 9.17) is 0 Å². The molecule has 3 aromatic carbocycles. The Kier molecular flexibility index (Phi) is 20.1. The van der Waals surface area contributed by atoms with Gasteiger partial charge in [0.05, 0.1) is 17.5 Å². The van der Waals surface area contributed by atoms with Crippen molar-refractivity contribution in [1.29, 1.82) is 0 Å². The summed E-state index contributed by atoms with van der Waals surface area (Å²) in [4.78, 5) is 14.5. The maximum atomic E-state index is 13.2. The zero-order chi connectivity index (χ0) is 34.4. The predicted molar refractivity (Wildman–Crippen MR) is 185 cm³/mol. The fourth-order valence-electron chi connectivity index (χ4n) is 4.76. The van der Waals surface area contributed by atoms with E-state index >= 15 is 0 Å². The van der Waals surface area contributed by atoms with Gasteiger partial charge in [-0.3, -0.25) is 0 Å². The van der Waals surface area contributed by atoms with Gasteiger partial charge in [0, 0.05) is 5.33 Å². The zero-order valence-electron chi connectivity index (χ0n) is 26.8. The summed E-state index contributed by atoms with van der Waals surface area (Å²) < 4.78 is 73.8. The summed E-state index contributed by atoms with van der Waals surface area (Å²) in [6, 6.07) is 27.5. The zero-order valence-corrected chi connectivity index (χ0v) is 30.0. The minimum absolute atomic E-state index is 0.190. The number of rotatable bonds is 21. The highest BCUT2D eigenvalue weighted by molar-refractivity contribution is 9.09. The molecule has 0 aromatic heterocycles. The molecule has 0 spiro atoms. The van der Waals surface area contributed by atoms with Crippen molar-refractivity contribution >= 4 is 42.9 Å². The molecule has 5 nitrogen and oxygen atoms in total. The van der Waals surface area contributed by atoms with Crippen LogP contribution in [0.2, 0.25) is 0 Å². The number of benzene rings is 3. The van der Waals surface area contributed by atoms with E-state index in [1.54, 1.807) is 0 Å². The third-order valence-electron chi connectivity index (χ3n) is 7.32. The second-order valence-electron chi connectivity index (χ2n) is 11.1. The van der Waals surface area contributed by atoms with Crippen molar-refractivity contribution < 1.29 is 35.7 Å². The minimum Gasteiger partial charge on any atom is -0.743 e. The molecule has 0 aliphatic carbocycles. The van der Waals surface area contributed by atoms with E-state index in [2.05, 4.69) is 44.9 Å². The smallest absolute Gasteiger partial charge is 0.428 e. The Balaban J connectivity index is 0.000000338.